The third kappa shape index (κ3) is 5.36. The zero-order valence-corrected chi connectivity index (χ0v) is 23.9. The van der Waals surface area contributed by atoms with Crippen molar-refractivity contribution in [1.82, 2.24) is 15.6 Å². The van der Waals surface area contributed by atoms with Crippen molar-refractivity contribution in [3.63, 3.8) is 0 Å². The summed E-state index contributed by atoms with van der Waals surface area (Å²) in [6.45, 7) is 14.6. The Morgan fingerprint density at radius 1 is 1.10 bits per heavy atom. The van der Waals surface area contributed by atoms with Gasteiger partial charge in [-0.15, -0.1) is 16.3 Å². The Labute approximate surface area is 244 Å². The summed E-state index contributed by atoms with van der Waals surface area (Å²) < 4.78 is 0. The fraction of sp³-hybridized carbons (Fsp3) is 0.265. The summed E-state index contributed by atoms with van der Waals surface area (Å²) in [5.41, 5.74) is 4.24. The van der Waals surface area contributed by atoms with E-state index in [1.165, 1.54) is 9.75 Å². The molecule has 1 aliphatic carbocycles. The van der Waals surface area contributed by atoms with Crippen LogP contribution in [0.15, 0.2) is 79.4 Å². The molecule has 1 aliphatic heterocycles. The van der Waals surface area contributed by atoms with Gasteiger partial charge in [0.15, 0.2) is 0 Å². The van der Waals surface area contributed by atoms with E-state index in [1.54, 1.807) is 16.3 Å². The van der Waals surface area contributed by atoms with Gasteiger partial charge in [0.05, 0.1) is 24.5 Å². The maximum Gasteiger partial charge on any atom is 0.252 e. The smallest absolute Gasteiger partial charge is 0.252 e. The molecule has 3 aromatic carbocycles. The van der Waals surface area contributed by atoms with Crippen LogP contribution < -0.4 is 10.6 Å². The highest BCUT2D eigenvalue weighted by Crippen LogP contribution is 2.49. The first-order chi connectivity index (χ1) is 19.9. The first-order valence-electron chi connectivity index (χ1n) is 14.0. The van der Waals surface area contributed by atoms with Crippen molar-refractivity contribution in [3.05, 3.63) is 112 Å². The van der Waals surface area contributed by atoms with E-state index in [-0.39, 0.29) is 24.3 Å². The second kappa shape index (κ2) is 10.9. The highest BCUT2D eigenvalue weighted by molar-refractivity contribution is 7.16. The van der Waals surface area contributed by atoms with Gasteiger partial charge in [-0.25, -0.2) is 0 Å². The lowest BCUT2D eigenvalue weighted by atomic mass is 9.93. The van der Waals surface area contributed by atoms with Gasteiger partial charge >= 0.3 is 0 Å². The SMILES string of the molecule is [C-]#[N+]N1CC[C@H](C(=O)NCc2ccccc2C(=O)NC2(c3cc(-c4ccc(C(=C)C)s4)cc4ccccc34)CC2)C1. The van der Waals surface area contributed by atoms with Crippen molar-refractivity contribution in [2.75, 3.05) is 13.1 Å². The molecule has 0 bridgehead atoms. The van der Waals surface area contributed by atoms with Crippen LogP contribution in [0.1, 0.15) is 52.5 Å². The van der Waals surface area contributed by atoms with Gasteiger partial charge in [0.25, 0.3) is 5.91 Å². The lowest BCUT2D eigenvalue weighted by Gasteiger charge is -2.22. The van der Waals surface area contributed by atoms with Crippen molar-refractivity contribution in [1.29, 1.82) is 0 Å². The fourth-order valence-corrected chi connectivity index (χ4v) is 6.63. The van der Waals surface area contributed by atoms with Gasteiger partial charge in [0.1, 0.15) is 0 Å². The molecule has 2 amide bonds. The molecule has 0 unspecified atom stereocenters. The molecule has 206 valence electrons. The average Bonchev–Trinajstić information content (AvgIpc) is 3.37. The van der Waals surface area contributed by atoms with Crippen LogP contribution in [0, 0.1) is 12.5 Å². The minimum Gasteiger partial charge on any atom is -0.352 e. The summed E-state index contributed by atoms with van der Waals surface area (Å²) >= 11 is 1.73. The van der Waals surface area contributed by atoms with Crippen molar-refractivity contribution < 1.29 is 9.59 Å². The Bertz CT molecular complexity index is 1710. The van der Waals surface area contributed by atoms with Crippen LogP contribution in [0.25, 0.3) is 31.7 Å². The van der Waals surface area contributed by atoms with Crippen LogP contribution in [-0.4, -0.2) is 29.9 Å². The summed E-state index contributed by atoms with van der Waals surface area (Å²) in [5, 5.41) is 10.3. The first kappa shape index (κ1) is 26.8. The van der Waals surface area contributed by atoms with Gasteiger partial charge in [-0.1, -0.05) is 49.0 Å². The highest BCUT2D eigenvalue weighted by atomic mass is 32.1. The van der Waals surface area contributed by atoms with E-state index in [9.17, 15) is 9.59 Å². The van der Waals surface area contributed by atoms with E-state index < -0.39 is 5.54 Å². The number of rotatable bonds is 8. The molecule has 1 saturated heterocycles. The molecule has 7 heteroatoms. The van der Waals surface area contributed by atoms with Crippen molar-refractivity contribution in [2.24, 2.45) is 5.92 Å². The lowest BCUT2D eigenvalue weighted by Crippen LogP contribution is -2.36. The molecule has 0 radical (unpaired) electrons. The average molecular weight is 561 g/mol. The Morgan fingerprint density at radius 2 is 1.88 bits per heavy atom. The summed E-state index contributed by atoms with van der Waals surface area (Å²) in [4.78, 5) is 32.3. The standard InChI is InChI=1S/C34H32N4O2S/c1-22(2)30-12-13-31(41-30)26-18-23-8-4-6-10-27(23)29(19-26)34(15-16-34)37-33(40)28-11-7-5-9-24(28)20-36-32(39)25-14-17-38(21-25)35-3/h4-13,18-19,25H,1,14-17,20-21H2,2H3,(H,36,39)(H,37,40)/t25-/m0/s1. The minimum absolute atomic E-state index is 0.0725. The number of thiophene rings is 1. The molecule has 2 fully saturated rings. The Balaban J connectivity index is 1.25. The van der Waals surface area contributed by atoms with Crippen molar-refractivity contribution in [2.45, 2.75) is 38.3 Å². The number of carbonyl (C=O) groups excluding carboxylic acids is 2. The van der Waals surface area contributed by atoms with Crippen LogP contribution in [0.2, 0.25) is 0 Å². The van der Waals surface area contributed by atoms with E-state index in [0.29, 0.717) is 25.1 Å². The van der Waals surface area contributed by atoms with Gasteiger partial charge < -0.3 is 10.6 Å². The number of fused-ring (bicyclic) bond motifs is 1. The zero-order valence-electron chi connectivity index (χ0n) is 23.1. The van der Waals surface area contributed by atoms with E-state index in [2.05, 4.69) is 64.6 Å². The lowest BCUT2D eigenvalue weighted by molar-refractivity contribution is -0.124. The third-order valence-corrected chi connectivity index (χ3v) is 9.48. The maximum atomic E-state index is 13.8. The number of carbonyl (C=O) groups is 2. The monoisotopic (exact) mass is 560 g/mol. The predicted octanol–water partition coefficient (Wildman–Crippen LogP) is 6.79. The number of hydrogen-bond donors (Lipinski definition) is 2. The Kier molecular flexibility index (Phi) is 7.10. The van der Waals surface area contributed by atoms with Crippen LogP contribution in [0.4, 0.5) is 0 Å². The molecule has 1 aromatic heterocycles. The second-order valence-corrected chi connectivity index (χ2v) is 12.2. The molecule has 0 spiro atoms. The molecule has 2 heterocycles. The molecule has 1 saturated carbocycles. The molecule has 1 atom stereocenters. The number of hydrogen-bond acceptors (Lipinski definition) is 4. The maximum absolute atomic E-state index is 13.8. The van der Waals surface area contributed by atoms with Crippen LogP contribution in [0.5, 0.6) is 0 Å². The molecule has 4 aromatic rings. The van der Waals surface area contributed by atoms with Crippen LogP contribution in [0.3, 0.4) is 0 Å². The number of allylic oxidation sites excluding steroid dienone is 1. The first-order valence-corrected chi connectivity index (χ1v) is 14.8. The van der Waals surface area contributed by atoms with Crippen LogP contribution >= 0.6 is 11.3 Å². The minimum atomic E-state index is -0.440. The van der Waals surface area contributed by atoms with Gasteiger partial charge in [-0.05, 0) is 89.6 Å². The molecular formula is C34H32N4O2S. The van der Waals surface area contributed by atoms with Crippen molar-refractivity contribution >= 4 is 39.5 Å². The van der Waals surface area contributed by atoms with E-state index >= 15 is 0 Å². The molecule has 6 rings (SSSR count). The zero-order chi connectivity index (χ0) is 28.6. The van der Waals surface area contributed by atoms with Gasteiger partial charge in [-0.2, -0.15) is 11.5 Å². The normalized spacial score (nSPS) is 17.2. The number of amides is 2. The topological polar surface area (TPSA) is 65.8 Å². The van der Waals surface area contributed by atoms with Gasteiger partial charge in [0, 0.05) is 21.9 Å². The van der Waals surface area contributed by atoms with E-state index in [4.69, 9.17) is 6.57 Å². The summed E-state index contributed by atoms with van der Waals surface area (Å²) in [5.74, 6) is -0.408. The molecule has 2 N–H and O–H groups in total. The predicted molar refractivity (Wildman–Crippen MR) is 165 cm³/mol. The summed E-state index contributed by atoms with van der Waals surface area (Å²) in [6, 6.07) is 24.6. The number of benzene rings is 3. The highest BCUT2D eigenvalue weighted by Gasteiger charge is 2.47. The molecule has 6 nitrogen and oxygen atoms in total. The van der Waals surface area contributed by atoms with Crippen molar-refractivity contribution in [3.8, 4) is 10.4 Å². The van der Waals surface area contributed by atoms with E-state index in [1.807, 2.05) is 37.3 Å². The summed E-state index contributed by atoms with van der Waals surface area (Å²) in [6.07, 6.45) is 2.41. The largest absolute Gasteiger partial charge is 0.352 e. The van der Waals surface area contributed by atoms with E-state index in [0.717, 1.165) is 45.9 Å². The second-order valence-electron chi connectivity index (χ2n) is 11.1. The molecule has 2 aliphatic rings. The quantitative estimate of drug-likeness (QED) is 0.233. The Morgan fingerprint density at radius 3 is 2.61 bits per heavy atom. The number of nitrogens with one attached hydrogen (secondary N) is 2. The third-order valence-electron chi connectivity index (χ3n) is 8.19. The van der Waals surface area contributed by atoms with Gasteiger partial charge in [-0.3, -0.25) is 9.59 Å². The van der Waals surface area contributed by atoms with Crippen LogP contribution in [-0.2, 0) is 16.9 Å². The number of nitrogens with zero attached hydrogens (tertiary/aromatic N) is 2. The Hall–Kier alpha value is -4.41. The summed E-state index contributed by atoms with van der Waals surface area (Å²) in [7, 11) is 0. The van der Waals surface area contributed by atoms with Gasteiger partial charge in [0.2, 0.25) is 5.91 Å². The molecular weight excluding hydrogens is 528 g/mol. The molecule has 41 heavy (non-hydrogen) atoms. The fourth-order valence-electron chi connectivity index (χ4n) is 5.71.